The third-order valence-corrected chi connectivity index (χ3v) is 6.50. The zero-order valence-electron chi connectivity index (χ0n) is 22.1. The van der Waals surface area contributed by atoms with Crippen LogP contribution in [0.15, 0.2) is 48.5 Å². The quantitative estimate of drug-likeness (QED) is 0.120. The summed E-state index contributed by atoms with van der Waals surface area (Å²) in [7, 11) is 0. The molecule has 1 aliphatic rings. The number of benzene rings is 3. The second-order valence-electron chi connectivity index (χ2n) is 9.47. The number of phenolic OH excluding ortho intramolecular Hbond substituents is 7. The van der Waals surface area contributed by atoms with E-state index in [2.05, 4.69) is 0 Å². The van der Waals surface area contributed by atoms with Gasteiger partial charge in [-0.3, -0.25) is 0 Å². The maximum Gasteiger partial charge on any atom is 0.338 e. The predicted octanol–water partition coefficient (Wildman–Crippen LogP) is 0.714. The fourth-order valence-electron chi connectivity index (χ4n) is 4.24. The van der Waals surface area contributed by atoms with Crippen LogP contribution in [0.1, 0.15) is 26.3 Å². The molecule has 43 heavy (non-hydrogen) atoms. The molecule has 1 fully saturated rings. The first kappa shape index (κ1) is 31.0. The summed E-state index contributed by atoms with van der Waals surface area (Å²) < 4.78 is 22.0. The zero-order valence-corrected chi connectivity index (χ0v) is 22.1. The van der Waals surface area contributed by atoms with E-state index in [4.69, 9.17) is 18.9 Å². The van der Waals surface area contributed by atoms with Crippen LogP contribution in [-0.2, 0) is 25.4 Å². The van der Waals surface area contributed by atoms with E-state index in [0.717, 1.165) is 29.8 Å². The molecule has 3 aromatic rings. The van der Waals surface area contributed by atoms with Crippen LogP contribution in [0.3, 0.4) is 0 Å². The van der Waals surface area contributed by atoms with Crippen molar-refractivity contribution in [2.24, 2.45) is 0 Å². The number of aromatic hydroxyl groups is 7. The van der Waals surface area contributed by atoms with Crippen LogP contribution in [0.25, 0.3) is 0 Å². The monoisotopic (exact) mass is 604 g/mol. The lowest BCUT2D eigenvalue weighted by atomic mass is 9.98. The van der Waals surface area contributed by atoms with E-state index in [0.29, 0.717) is 6.42 Å². The van der Waals surface area contributed by atoms with E-state index in [1.165, 1.54) is 12.1 Å². The Morgan fingerprint density at radius 3 is 1.65 bits per heavy atom. The molecule has 5 atom stereocenters. The molecule has 1 aliphatic heterocycles. The van der Waals surface area contributed by atoms with E-state index < -0.39 is 94.9 Å². The second-order valence-corrected chi connectivity index (χ2v) is 9.47. The number of carbonyl (C=O) groups excluding carboxylic acids is 2. The van der Waals surface area contributed by atoms with Crippen LogP contribution in [0.5, 0.6) is 40.2 Å². The zero-order chi connectivity index (χ0) is 31.4. The molecule has 15 heteroatoms. The van der Waals surface area contributed by atoms with Crippen molar-refractivity contribution in [2.75, 3.05) is 13.2 Å². The highest BCUT2D eigenvalue weighted by Gasteiger charge is 2.50. The minimum atomic E-state index is -1.86. The number of phenols is 7. The van der Waals surface area contributed by atoms with Crippen LogP contribution >= 0.6 is 0 Å². The van der Waals surface area contributed by atoms with Gasteiger partial charge in [0.25, 0.3) is 0 Å². The molecule has 0 unspecified atom stereocenters. The van der Waals surface area contributed by atoms with Gasteiger partial charge in [0.05, 0.1) is 24.3 Å². The molecule has 1 heterocycles. The fraction of sp³-hybridized carbons (Fsp3) is 0.286. The van der Waals surface area contributed by atoms with Crippen molar-refractivity contribution in [1.82, 2.24) is 0 Å². The molecule has 0 saturated carbocycles. The van der Waals surface area contributed by atoms with Gasteiger partial charge < -0.3 is 64.9 Å². The molecular formula is C28H28O15. The molecule has 0 amide bonds. The molecular weight excluding hydrogens is 576 g/mol. The van der Waals surface area contributed by atoms with Crippen LogP contribution in [0.2, 0.25) is 0 Å². The minimum Gasteiger partial charge on any atom is -0.508 e. The van der Waals surface area contributed by atoms with Crippen LogP contribution in [-0.4, -0.2) is 102 Å². The third kappa shape index (κ3) is 6.92. The summed E-state index contributed by atoms with van der Waals surface area (Å²) >= 11 is 0. The Bertz CT molecular complexity index is 1430. The Labute approximate surface area is 242 Å². The fourth-order valence-corrected chi connectivity index (χ4v) is 4.24. The van der Waals surface area contributed by atoms with Crippen molar-refractivity contribution in [3.8, 4) is 40.2 Å². The molecule has 0 spiro atoms. The molecule has 15 nitrogen and oxygen atoms in total. The number of carbonyl (C=O) groups is 2. The molecule has 1 saturated heterocycles. The second kappa shape index (κ2) is 12.9. The van der Waals surface area contributed by atoms with Gasteiger partial charge in [-0.15, -0.1) is 0 Å². The van der Waals surface area contributed by atoms with Gasteiger partial charge in [-0.25, -0.2) is 9.59 Å². The van der Waals surface area contributed by atoms with Crippen molar-refractivity contribution in [1.29, 1.82) is 0 Å². The molecule has 3 aromatic carbocycles. The normalized spacial score (nSPS) is 21.7. The summed E-state index contributed by atoms with van der Waals surface area (Å²) in [6.45, 7) is -0.898. The lowest BCUT2D eigenvalue weighted by molar-refractivity contribution is -0.299. The largest absolute Gasteiger partial charge is 0.508 e. The van der Waals surface area contributed by atoms with Gasteiger partial charge in [0.2, 0.25) is 0 Å². The molecule has 0 aliphatic carbocycles. The number of aliphatic hydroxyl groups is 2. The molecule has 9 N–H and O–H groups in total. The van der Waals surface area contributed by atoms with E-state index in [9.17, 15) is 55.5 Å². The lowest BCUT2D eigenvalue weighted by Crippen LogP contribution is -2.61. The highest BCUT2D eigenvalue weighted by molar-refractivity contribution is 5.92. The average Bonchev–Trinajstić information content (AvgIpc) is 2.97. The van der Waals surface area contributed by atoms with E-state index in [1.54, 1.807) is 12.1 Å². The van der Waals surface area contributed by atoms with Crippen LogP contribution in [0, 0.1) is 0 Å². The first-order valence-electron chi connectivity index (χ1n) is 12.6. The van der Waals surface area contributed by atoms with E-state index >= 15 is 0 Å². The summed E-state index contributed by atoms with van der Waals surface area (Å²) in [4.78, 5) is 25.9. The first-order valence-corrected chi connectivity index (χ1v) is 12.6. The van der Waals surface area contributed by atoms with Gasteiger partial charge in [-0.05, 0) is 48.4 Å². The van der Waals surface area contributed by atoms with Gasteiger partial charge in [0.1, 0.15) is 18.0 Å². The summed E-state index contributed by atoms with van der Waals surface area (Å²) in [5, 5.41) is 88.9. The summed E-state index contributed by atoms with van der Waals surface area (Å²) in [6.07, 6.45) is -8.11. The highest BCUT2D eigenvalue weighted by atomic mass is 16.7. The smallest absolute Gasteiger partial charge is 0.338 e. The van der Waals surface area contributed by atoms with Crippen molar-refractivity contribution in [3.05, 3.63) is 65.2 Å². The summed E-state index contributed by atoms with van der Waals surface area (Å²) in [5.74, 6) is -7.71. The van der Waals surface area contributed by atoms with Crippen molar-refractivity contribution in [3.63, 3.8) is 0 Å². The minimum absolute atomic E-state index is 0.0540. The number of ether oxygens (including phenoxy) is 4. The van der Waals surface area contributed by atoms with Crippen LogP contribution < -0.4 is 0 Å². The number of aliphatic hydroxyl groups excluding tert-OH is 2. The predicted molar refractivity (Wildman–Crippen MR) is 141 cm³/mol. The summed E-state index contributed by atoms with van der Waals surface area (Å²) in [6, 6.07) is 9.26. The Balaban J connectivity index is 1.60. The average molecular weight is 605 g/mol. The van der Waals surface area contributed by atoms with Crippen molar-refractivity contribution in [2.45, 2.75) is 37.1 Å². The van der Waals surface area contributed by atoms with E-state index in [-0.39, 0.29) is 12.4 Å². The maximum absolute atomic E-state index is 13.0. The molecule has 0 bridgehead atoms. The van der Waals surface area contributed by atoms with Crippen LogP contribution in [0.4, 0.5) is 0 Å². The van der Waals surface area contributed by atoms with Gasteiger partial charge in [0.15, 0.2) is 53.0 Å². The number of hydrogen-bond donors (Lipinski definition) is 9. The standard InChI is InChI=1S/C28H28O15/c29-11-20-24(42-26(38)13-7-16(31)21(35)17(32)8-13)25(43-27(39)14-9-18(33)22(36)19(34)10-14)23(37)28(41-20)40-6-5-12-1-3-15(30)4-2-12/h1-4,7-10,20,23-25,28-37H,5-6,11H2/t20-,23-,24-,25-,28-/m1/s1. The Morgan fingerprint density at radius 2 is 1.19 bits per heavy atom. The van der Waals surface area contributed by atoms with E-state index in [1.807, 2.05) is 0 Å². The lowest BCUT2D eigenvalue weighted by Gasteiger charge is -2.42. The number of hydrogen-bond acceptors (Lipinski definition) is 15. The molecule has 0 aromatic heterocycles. The van der Waals surface area contributed by atoms with Gasteiger partial charge in [0, 0.05) is 0 Å². The Hall–Kier alpha value is -4.96. The topological polar surface area (TPSA) is 253 Å². The third-order valence-electron chi connectivity index (χ3n) is 6.50. The SMILES string of the molecule is O=C(O[C@@H]1[C@@H](O)[C@H](OCCc2ccc(O)cc2)O[C@H](CO)[C@H]1OC(=O)c1cc(O)c(O)c(O)c1)c1cc(O)c(O)c(O)c1. The first-order chi connectivity index (χ1) is 20.4. The maximum atomic E-state index is 13.0. The highest BCUT2D eigenvalue weighted by Crippen LogP contribution is 2.38. The van der Waals surface area contributed by atoms with Gasteiger partial charge >= 0.3 is 11.9 Å². The molecule has 230 valence electrons. The number of rotatable bonds is 9. The molecule has 4 rings (SSSR count). The van der Waals surface area contributed by atoms with Gasteiger partial charge in [-0.1, -0.05) is 12.1 Å². The summed E-state index contributed by atoms with van der Waals surface area (Å²) in [5.41, 5.74) is -0.191. The Morgan fingerprint density at radius 1 is 0.721 bits per heavy atom. The van der Waals surface area contributed by atoms with Crippen molar-refractivity contribution >= 4 is 11.9 Å². The number of esters is 2. The molecule has 0 radical (unpaired) electrons. The van der Waals surface area contributed by atoms with Gasteiger partial charge in [-0.2, -0.15) is 0 Å². The van der Waals surface area contributed by atoms with Crippen molar-refractivity contribution < 1.29 is 74.5 Å². The Kier molecular flexibility index (Phi) is 9.30.